The Hall–Kier alpha value is -2.24. The van der Waals surface area contributed by atoms with E-state index < -0.39 is 0 Å². The van der Waals surface area contributed by atoms with Crippen LogP contribution in [0, 0.1) is 0 Å². The van der Waals surface area contributed by atoms with Crippen LogP contribution in [-0.4, -0.2) is 44.7 Å². The number of carbonyl (C=O) groups excluding carboxylic acids is 1. The zero-order valence-electron chi connectivity index (χ0n) is 15.3. The molecule has 0 aliphatic carbocycles. The molecule has 0 aliphatic rings. The van der Waals surface area contributed by atoms with Gasteiger partial charge in [0.05, 0.1) is 20.6 Å². The molecule has 0 radical (unpaired) electrons. The highest BCUT2D eigenvalue weighted by atomic mass is 35.5. The molecule has 0 unspecified atom stereocenters. The van der Waals surface area contributed by atoms with E-state index in [0.29, 0.717) is 31.1 Å². The Morgan fingerprint density at radius 1 is 1.04 bits per heavy atom. The van der Waals surface area contributed by atoms with E-state index in [0.717, 1.165) is 12.0 Å². The van der Waals surface area contributed by atoms with Gasteiger partial charge in [0.15, 0.2) is 0 Å². The summed E-state index contributed by atoms with van der Waals surface area (Å²) in [7, 11) is 3.21. The summed E-state index contributed by atoms with van der Waals surface area (Å²) < 4.78 is 10.6. The number of ether oxygens (including phenoxy) is 2. The van der Waals surface area contributed by atoms with Crippen LogP contribution < -0.4 is 15.2 Å². The molecule has 5 nitrogen and oxygen atoms in total. The van der Waals surface area contributed by atoms with Gasteiger partial charge in [0.1, 0.15) is 11.5 Å². The number of nitrogens with two attached hydrogens (primary N) is 1. The van der Waals surface area contributed by atoms with E-state index in [1.54, 1.807) is 14.2 Å². The topological polar surface area (TPSA) is 64.8 Å². The fourth-order valence-electron chi connectivity index (χ4n) is 2.72. The molecule has 0 heterocycles. The second kappa shape index (κ2) is 11.4. The van der Waals surface area contributed by atoms with Gasteiger partial charge >= 0.3 is 0 Å². The van der Waals surface area contributed by atoms with Crippen LogP contribution in [0.4, 0.5) is 0 Å². The van der Waals surface area contributed by atoms with E-state index in [9.17, 15) is 4.79 Å². The fourth-order valence-corrected chi connectivity index (χ4v) is 2.72. The normalized spacial score (nSPS) is 9.96. The molecule has 2 aromatic rings. The van der Waals surface area contributed by atoms with Gasteiger partial charge in [0.25, 0.3) is 0 Å². The van der Waals surface area contributed by atoms with Crippen molar-refractivity contribution in [3.05, 3.63) is 59.7 Å². The first-order valence-corrected chi connectivity index (χ1v) is 8.40. The van der Waals surface area contributed by atoms with Gasteiger partial charge in [-0.15, -0.1) is 12.4 Å². The van der Waals surface area contributed by atoms with Gasteiger partial charge in [-0.1, -0.05) is 30.3 Å². The quantitative estimate of drug-likeness (QED) is 0.728. The summed E-state index contributed by atoms with van der Waals surface area (Å²) in [4.78, 5) is 14.6. The maximum absolute atomic E-state index is 12.8. The van der Waals surface area contributed by atoms with Crippen LogP contribution >= 0.6 is 12.4 Å². The third-order valence-corrected chi connectivity index (χ3v) is 4.09. The molecule has 0 spiro atoms. The molecule has 0 bridgehead atoms. The molecule has 142 valence electrons. The molecule has 0 saturated carbocycles. The lowest BCUT2D eigenvalue weighted by molar-refractivity contribution is -0.130. The number of hydrogen-bond donors (Lipinski definition) is 1. The fraction of sp³-hybridized carbons (Fsp3) is 0.350. The number of amides is 1. The second-order valence-corrected chi connectivity index (χ2v) is 5.76. The van der Waals surface area contributed by atoms with Gasteiger partial charge in [0, 0.05) is 25.2 Å². The van der Waals surface area contributed by atoms with E-state index >= 15 is 0 Å². The average molecular weight is 379 g/mol. The van der Waals surface area contributed by atoms with Gasteiger partial charge in [-0.05, 0) is 30.2 Å². The maximum Gasteiger partial charge on any atom is 0.227 e. The van der Waals surface area contributed by atoms with E-state index in [4.69, 9.17) is 15.2 Å². The first-order valence-electron chi connectivity index (χ1n) is 8.40. The molecule has 2 aromatic carbocycles. The Labute approximate surface area is 161 Å². The first kappa shape index (κ1) is 21.8. The first-order chi connectivity index (χ1) is 12.2. The Morgan fingerprint density at radius 2 is 1.77 bits per heavy atom. The predicted octanol–water partition coefficient (Wildman–Crippen LogP) is 2.70. The summed E-state index contributed by atoms with van der Waals surface area (Å²) in [6.45, 7) is 1.63. The number of halogens is 1. The summed E-state index contributed by atoms with van der Waals surface area (Å²) in [5.74, 6) is 1.43. The van der Waals surface area contributed by atoms with Crippen molar-refractivity contribution in [2.45, 2.75) is 12.8 Å². The summed E-state index contributed by atoms with van der Waals surface area (Å²) in [6, 6.07) is 15.6. The maximum atomic E-state index is 12.8. The zero-order chi connectivity index (χ0) is 18.1. The van der Waals surface area contributed by atoms with Crippen LogP contribution in [0.25, 0.3) is 0 Å². The van der Waals surface area contributed by atoms with Crippen molar-refractivity contribution in [1.29, 1.82) is 0 Å². The summed E-state index contributed by atoms with van der Waals surface area (Å²) in [5.41, 5.74) is 7.71. The van der Waals surface area contributed by atoms with Crippen molar-refractivity contribution >= 4 is 18.3 Å². The Morgan fingerprint density at radius 3 is 2.38 bits per heavy atom. The lowest BCUT2D eigenvalue weighted by Gasteiger charge is -2.23. The minimum atomic E-state index is 0. The smallest absolute Gasteiger partial charge is 0.227 e. The Kier molecular flexibility index (Phi) is 9.55. The summed E-state index contributed by atoms with van der Waals surface area (Å²) in [5, 5.41) is 0. The molecule has 0 saturated heterocycles. The largest absolute Gasteiger partial charge is 0.497 e. The second-order valence-electron chi connectivity index (χ2n) is 5.76. The molecule has 6 heteroatoms. The molecular weight excluding hydrogens is 352 g/mol. The zero-order valence-corrected chi connectivity index (χ0v) is 16.1. The molecular formula is C20H27ClN2O3. The third-order valence-electron chi connectivity index (χ3n) is 4.09. The highest BCUT2D eigenvalue weighted by Gasteiger charge is 2.16. The van der Waals surface area contributed by atoms with Crippen molar-refractivity contribution in [3.63, 3.8) is 0 Å². The minimum Gasteiger partial charge on any atom is -0.497 e. The minimum absolute atomic E-state index is 0. The van der Waals surface area contributed by atoms with Crippen molar-refractivity contribution in [1.82, 2.24) is 4.90 Å². The highest BCUT2D eigenvalue weighted by Crippen LogP contribution is 2.24. The number of benzene rings is 2. The van der Waals surface area contributed by atoms with Gasteiger partial charge in [-0.25, -0.2) is 0 Å². The summed E-state index contributed by atoms with van der Waals surface area (Å²) >= 11 is 0. The van der Waals surface area contributed by atoms with Gasteiger partial charge in [-0.3, -0.25) is 4.79 Å². The molecule has 0 atom stereocenters. The van der Waals surface area contributed by atoms with E-state index in [1.165, 1.54) is 5.56 Å². The molecule has 0 aliphatic heterocycles. The van der Waals surface area contributed by atoms with Crippen molar-refractivity contribution in [3.8, 4) is 11.5 Å². The van der Waals surface area contributed by atoms with Gasteiger partial charge < -0.3 is 20.1 Å². The van der Waals surface area contributed by atoms with E-state index in [1.807, 2.05) is 41.3 Å². The molecule has 1 amide bonds. The number of carbonyl (C=O) groups is 1. The SMILES string of the molecule is COc1ccc(OC)c(CC(=O)N(CCN)CCc2ccccc2)c1.Cl. The van der Waals surface area contributed by atoms with Crippen LogP contribution in [0.3, 0.4) is 0 Å². The lowest BCUT2D eigenvalue weighted by Crippen LogP contribution is -2.37. The molecule has 2 N–H and O–H groups in total. The number of hydrogen-bond acceptors (Lipinski definition) is 4. The van der Waals surface area contributed by atoms with Gasteiger partial charge in [-0.2, -0.15) is 0 Å². The number of nitrogens with zero attached hydrogens (tertiary/aromatic N) is 1. The predicted molar refractivity (Wildman–Crippen MR) is 106 cm³/mol. The Bertz CT molecular complexity index is 680. The standard InChI is InChI=1S/C20H26N2O3.ClH/c1-24-18-8-9-19(25-2)17(14-18)15-20(23)22(13-11-21)12-10-16-6-4-3-5-7-16;/h3-9,14H,10-13,15,21H2,1-2H3;1H. The molecule has 26 heavy (non-hydrogen) atoms. The van der Waals surface area contributed by atoms with Crippen LogP contribution in [-0.2, 0) is 17.6 Å². The number of methoxy groups -OCH3 is 2. The van der Waals surface area contributed by atoms with Crippen LogP contribution in [0.1, 0.15) is 11.1 Å². The molecule has 0 fully saturated rings. The van der Waals surface area contributed by atoms with Gasteiger partial charge in [0.2, 0.25) is 5.91 Å². The van der Waals surface area contributed by atoms with Crippen molar-refractivity contribution in [2.24, 2.45) is 5.73 Å². The lowest BCUT2D eigenvalue weighted by atomic mass is 10.1. The Balaban J connectivity index is 0.00000338. The average Bonchev–Trinajstić information content (AvgIpc) is 2.65. The third kappa shape index (κ3) is 6.24. The van der Waals surface area contributed by atoms with E-state index in [-0.39, 0.29) is 24.7 Å². The van der Waals surface area contributed by atoms with Crippen LogP contribution in [0.15, 0.2) is 48.5 Å². The van der Waals surface area contributed by atoms with Crippen molar-refractivity contribution in [2.75, 3.05) is 33.9 Å². The summed E-state index contributed by atoms with van der Waals surface area (Å²) in [6.07, 6.45) is 1.07. The van der Waals surface area contributed by atoms with Crippen molar-refractivity contribution < 1.29 is 14.3 Å². The molecule has 0 aromatic heterocycles. The molecule has 2 rings (SSSR count). The van der Waals surface area contributed by atoms with Crippen LogP contribution in [0.5, 0.6) is 11.5 Å². The van der Waals surface area contributed by atoms with Crippen LogP contribution in [0.2, 0.25) is 0 Å². The van der Waals surface area contributed by atoms with E-state index in [2.05, 4.69) is 12.1 Å². The monoisotopic (exact) mass is 378 g/mol. The number of rotatable bonds is 9. The highest BCUT2D eigenvalue weighted by molar-refractivity contribution is 5.85.